The van der Waals surface area contributed by atoms with Gasteiger partial charge in [-0.05, 0) is 47.1 Å². The molecule has 1 heterocycles. The zero-order valence-corrected chi connectivity index (χ0v) is 12.2. The number of aromatic nitrogens is 1. The number of anilines is 1. The third kappa shape index (κ3) is 2.96. The number of nitrogens with zero attached hydrogens (tertiary/aromatic N) is 1. The van der Waals surface area contributed by atoms with Crippen LogP contribution < -0.4 is 5.32 Å². The van der Waals surface area contributed by atoms with Crippen LogP contribution in [-0.2, 0) is 0 Å². The van der Waals surface area contributed by atoms with E-state index in [2.05, 4.69) is 26.2 Å². The molecule has 0 amide bonds. The molecule has 1 aromatic carbocycles. The van der Waals surface area contributed by atoms with Crippen LogP contribution in [0.3, 0.4) is 0 Å². The minimum absolute atomic E-state index is 0.0665. The summed E-state index contributed by atoms with van der Waals surface area (Å²) in [5, 5.41) is 11.9. The predicted molar refractivity (Wildman–Crippen MR) is 77.3 cm³/mol. The second-order valence-corrected chi connectivity index (χ2v) is 5.01. The highest BCUT2D eigenvalue weighted by atomic mass is 79.9. The van der Waals surface area contributed by atoms with Crippen LogP contribution >= 0.6 is 15.9 Å². The monoisotopic (exact) mass is 338 g/mol. The molecule has 2 N–H and O–H groups in total. The van der Waals surface area contributed by atoms with Crippen molar-refractivity contribution in [3.8, 4) is 0 Å². The first-order valence-electron chi connectivity index (χ1n) is 5.89. The normalized spacial score (nSPS) is 11.9. The highest BCUT2D eigenvalue weighted by molar-refractivity contribution is 9.10. The van der Waals surface area contributed by atoms with Gasteiger partial charge in [0, 0.05) is 6.20 Å². The first kappa shape index (κ1) is 14.5. The van der Waals surface area contributed by atoms with Crippen LogP contribution in [0.25, 0.3) is 0 Å². The number of hydrogen-bond donors (Lipinski definition) is 2. The van der Waals surface area contributed by atoms with Crippen LogP contribution in [0.4, 0.5) is 10.1 Å². The van der Waals surface area contributed by atoms with Gasteiger partial charge in [-0.3, -0.25) is 4.98 Å². The molecular weight excluding hydrogens is 327 g/mol. The smallest absolute Gasteiger partial charge is 0.336 e. The molecule has 0 spiro atoms. The molecule has 1 atom stereocenters. The van der Waals surface area contributed by atoms with Gasteiger partial charge in [-0.2, -0.15) is 0 Å². The summed E-state index contributed by atoms with van der Waals surface area (Å²) in [5.74, 6) is -1.81. The van der Waals surface area contributed by atoms with Crippen molar-refractivity contribution in [1.82, 2.24) is 4.98 Å². The van der Waals surface area contributed by atoms with Crippen LogP contribution in [0.2, 0.25) is 0 Å². The summed E-state index contributed by atoms with van der Waals surface area (Å²) in [6.07, 6.45) is 1.66. The van der Waals surface area contributed by atoms with E-state index in [4.69, 9.17) is 5.11 Å². The van der Waals surface area contributed by atoms with E-state index in [1.54, 1.807) is 12.3 Å². The van der Waals surface area contributed by atoms with Gasteiger partial charge in [-0.15, -0.1) is 0 Å². The topological polar surface area (TPSA) is 62.2 Å². The highest BCUT2D eigenvalue weighted by Gasteiger charge is 2.17. The Hall–Kier alpha value is -1.95. The maximum Gasteiger partial charge on any atom is 0.336 e. The van der Waals surface area contributed by atoms with Crippen molar-refractivity contribution in [3.05, 3.63) is 58.1 Å². The average Bonchev–Trinajstić information content (AvgIpc) is 2.44. The molecule has 0 fully saturated rings. The van der Waals surface area contributed by atoms with Crippen molar-refractivity contribution in [1.29, 1.82) is 0 Å². The molecule has 0 aliphatic carbocycles. The molecule has 4 nitrogen and oxygen atoms in total. The summed E-state index contributed by atoms with van der Waals surface area (Å²) >= 11 is 2.97. The second-order valence-electron chi connectivity index (χ2n) is 4.21. The molecule has 1 aromatic heterocycles. The Kier molecular flexibility index (Phi) is 4.34. The first-order valence-corrected chi connectivity index (χ1v) is 6.68. The van der Waals surface area contributed by atoms with E-state index in [1.165, 1.54) is 12.1 Å². The van der Waals surface area contributed by atoms with E-state index in [9.17, 15) is 9.18 Å². The van der Waals surface area contributed by atoms with Crippen LogP contribution in [-0.4, -0.2) is 16.1 Å². The Morgan fingerprint density at radius 1 is 1.40 bits per heavy atom. The van der Waals surface area contributed by atoms with Gasteiger partial charge in [-0.1, -0.05) is 6.07 Å². The van der Waals surface area contributed by atoms with Crippen LogP contribution in [0.1, 0.15) is 29.0 Å². The number of aromatic carboxylic acids is 1. The molecule has 104 valence electrons. The fourth-order valence-electron chi connectivity index (χ4n) is 1.77. The number of carboxylic acid groups (broad SMARTS) is 1. The zero-order valence-electron chi connectivity index (χ0n) is 10.6. The summed E-state index contributed by atoms with van der Waals surface area (Å²) in [5.41, 5.74) is 0.879. The largest absolute Gasteiger partial charge is 0.478 e. The van der Waals surface area contributed by atoms with Crippen LogP contribution in [0.15, 0.2) is 41.0 Å². The SMILES string of the molecule is CC(Nc1ccc(C(=O)O)c(Br)c1F)c1ccccn1. The molecule has 0 bridgehead atoms. The summed E-state index contributed by atoms with van der Waals surface area (Å²) in [6, 6.07) is 8.03. The average molecular weight is 339 g/mol. The van der Waals surface area contributed by atoms with E-state index in [0.29, 0.717) is 0 Å². The van der Waals surface area contributed by atoms with Gasteiger partial charge in [0.1, 0.15) is 0 Å². The minimum Gasteiger partial charge on any atom is -0.478 e. The summed E-state index contributed by atoms with van der Waals surface area (Å²) in [7, 11) is 0. The molecule has 6 heteroatoms. The molecule has 0 saturated carbocycles. The number of pyridine rings is 1. The fraction of sp³-hybridized carbons (Fsp3) is 0.143. The van der Waals surface area contributed by atoms with Gasteiger partial charge in [0.2, 0.25) is 0 Å². The Labute approximate surface area is 123 Å². The van der Waals surface area contributed by atoms with Gasteiger partial charge in [-0.25, -0.2) is 9.18 Å². The maximum atomic E-state index is 14.1. The van der Waals surface area contributed by atoms with Crippen molar-refractivity contribution in [2.75, 3.05) is 5.32 Å². The van der Waals surface area contributed by atoms with Crippen LogP contribution in [0, 0.1) is 5.82 Å². The number of carboxylic acids is 1. The number of nitrogens with one attached hydrogen (secondary N) is 1. The number of rotatable bonds is 4. The molecule has 0 radical (unpaired) electrons. The Morgan fingerprint density at radius 2 is 2.15 bits per heavy atom. The molecule has 20 heavy (non-hydrogen) atoms. The van der Waals surface area contributed by atoms with Crippen molar-refractivity contribution < 1.29 is 14.3 Å². The Balaban J connectivity index is 2.27. The summed E-state index contributed by atoms with van der Waals surface area (Å²) < 4.78 is 14.0. The second kappa shape index (κ2) is 6.00. The number of hydrogen-bond acceptors (Lipinski definition) is 3. The Morgan fingerprint density at radius 3 is 2.75 bits per heavy atom. The lowest BCUT2D eigenvalue weighted by Gasteiger charge is -2.16. The zero-order chi connectivity index (χ0) is 14.7. The van der Waals surface area contributed by atoms with Crippen molar-refractivity contribution >= 4 is 27.6 Å². The van der Waals surface area contributed by atoms with E-state index < -0.39 is 11.8 Å². The quantitative estimate of drug-likeness (QED) is 0.888. The molecule has 0 aliphatic heterocycles. The third-order valence-electron chi connectivity index (χ3n) is 2.82. The fourth-order valence-corrected chi connectivity index (χ4v) is 2.28. The third-order valence-corrected chi connectivity index (χ3v) is 3.59. The van der Waals surface area contributed by atoms with Gasteiger partial charge in [0.05, 0.1) is 27.5 Å². The van der Waals surface area contributed by atoms with E-state index in [0.717, 1.165) is 5.69 Å². The molecule has 0 aliphatic rings. The highest BCUT2D eigenvalue weighted by Crippen LogP contribution is 2.29. The van der Waals surface area contributed by atoms with Crippen molar-refractivity contribution in [2.24, 2.45) is 0 Å². The molecule has 1 unspecified atom stereocenters. The predicted octanol–water partition coefficient (Wildman–Crippen LogP) is 3.85. The maximum absolute atomic E-state index is 14.1. The van der Waals surface area contributed by atoms with Crippen LogP contribution in [0.5, 0.6) is 0 Å². The van der Waals surface area contributed by atoms with Gasteiger partial charge in [0.25, 0.3) is 0 Å². The molecule has 2 rings (SSSR count). The van der Waals surface area contributed by atoms with Gasteiger partial charge in [0.15, 0.2) is 5.82 Å². The summed E-state index contributed by atoms with van der Waals surface area (Å²) in [4.78, 5) is 15.1. The minimum atomic E-state index is -1.18. The van der Waals surface area contributed by atoms with E-state index in [-0.39, 0.29) is 21.8 Å². The lowest BCUT2D eigenvalue weighted by molar-refractivity contribution is 0.0695. The number of benzene rings is 1. The number of carbonyl (C=O) groups is 1. The van der Waals surface area contributed by atoms with Gasteiger partial charge >= 0.3 is 5.97 Å². The van der Waals surface area contributed by atoms with E-state index >= 15 is 0 Å². The Bertz CT molecular complexity index is 635. The lowest BCUT2D eigenvalue weighted by atomic mass is 10.1. The lowest BCUT2D eigenvalue weighted by Crippen LogP contribution is -2.10. The van der Waals surface area contributed by atoms with Crippen molar-refractivity contribution in [3.63, 3.8) is 0 Å². The van der Waals surface area contributed by atoms with Crippen molar-refractivity contribution in [2.45, 2.75) is 13.0 Å². The number of halogens is 2. The van der Waals surface area contributed by atoms with Gasteiger partial charge < -0.3 is 10.4 Å². The molecule has 2 aromatic rings. The first-order chi connectivity index (χ1) is 9.50. The van der Waals surface area contributed by atoms with E-state index in [1.807, 2.05) is 19.1 Å². The summed E-state index contributed by atoms with van der Waals surface area (Å²) in [6.45, 7) is 1.85. The standard InChI is InChI=1S/C14H12BrFN2O2/c1-8(10-4-2-3-7-17-10)18-11-6-5-9(14(19)20)12(15)13(11)16/h2-8,18H,1H3,(H,19,20). The molecular formula is C14H12BrFN2O2. The molecule has 0 saturated heterocycles.